The van der Waals surface area contributed by atoms with Crippen molar-refractivity contribution in [1.82, 2.24) is 15.2 Å². The Hall–Kier alpha value is -0.750. The standard InChI is InChI=1S/C18H24BrN3S/c1-2-7-22-8-6-14(12-22)10-20-11-17-13-23-18(21-17)15-4-3-5-16(19)9-15/h3-5,9,13-14,20H,2,6-8,10-12H2,1H3. The third-order valence-corrected chi connectivity index (χ3v) is 5.71. The molecule has 1 N–H and O–H groups in total. The summed E-state index contributed by atoms with van der Waals surface area (Å²) in [6, 6.07) is 8.34. The maximum atomic E-state index is 4.75. The Morgan fingerprint density at radius 1 is 1.43 bits per heavy atom. The Morgan fingerprint density at radius 2 is 2.35 bits per heavy atom. The highest BCUT2D eigenvalue weighted by atomic mass is 79.9. The second-order valence-electron chi connectivity index (χ2n) is 6.24. The molecule has 2 heterocycles. The Kier molecular flexibility index (Phi) is 6.22. The van der Waals surface area contributed by atoms with Crippen LogP contribution in [-0.4, -0.2) is 36.1 Å². The van der Waals surface area contributed by atoms with E-state index in [0.717, 1.165) is 34.2 Å². The van der Waals surface area contributed by atoms with Crippen LogP contribution in [0.2, 0.25) is 0 Å². The average molecular weight is 394 g/mol. The van der Waals surface area contributed by atoms with Gasteiger partial charge in [-0.3, -0.25) is 0 Å². The number of hydrogen-bond acceptors (Lipinski definition) is 4. The number of rotatable bonds is 7. The summed E-state index contributed by atoms with van der Waals surface area (Å²) in [7, 11) is 0. The van der Waals surface area contributed by atoms with Gasteiger partial charge in [-0.2, -0.15) is 0 Å². The predicted octanol–water partition coefficient (Wildman–Crippen LogP) is 4.39. The molecule has 3 rings (SSSR count). The highest BCUT2D eigenvalue weighted by Gasteiger charge is 2.21. The van der Waals surface area contributed by atoms with E-state index in [1.165, 1.54) is 38.0 Å². The SMILES string of the molecule is CCCN1CCC(CNCc2csc(-c3cccc(Br)c3)n2)C1. The zero-order valence-corrected chi connectivity index (χ0v) is 16.0. The summed E-state index contributed by atoms with van der Waals surface area (Å²) in [6.07, 6.45) is 2.59. The maximum absolute atomic E-state index is 4.75. The minimum absolute atomic E-state index is 0.796. The third kappa shape index (κ3) is 4.86. The van der Waals surface area contributed by atoms with Gasteiger partial charge in [0.1, 0.15) is 5.01 Å². The minimum atomic E-state index is 0.796. The second kappa shape index (κ2) is 8.38. The maximum Gasteiger partial charge on any atom is 0.123 e. The lowest BCUT2D eigenvalue weighted by Crippen LogP contribution is -2.26. The van der Waals surface area contributed by atoms with E-state index in [1.54, 1.807) is 11.3 Å². The summed E-state index contributed by atoms with van der Waals surface area (Å²) in [4.78, 5) is 7.34. The molecule has 0 bridgehead atoms. The smallest absolute Gasteiger partial charge is 0.123 e. The molecule has 0 saturated carbocycles. The van der Waals surface area contributed by atoms with Crippen LogP contribution in [-0.2, 0) is 6.54 Å². The zero-order chi connectivity index (χ0) is 16.1. The number of halogens is 1. The fourth-order valence-electron chi connectivity index (χ4n) is 3.15. The Morgan fingerprint density at radius 3 is 3.17 bits per heavy atom. The molecule has 1 unspecified atom stereocenters. The first-order valence-corrected chi connectivity index (χ1v) is 10.0. The summed E-state index contributed by atoms with van der Waals surface area (Å²) in [6.45, 7) is 8.00. The molecule has 1 fully saturated rings. The molecular formula is C18H24BrN3S. The first-order valence-electron chi connectivity index (χ1n) is 8.38. The molecule has 0 amide bonds. The number of benzene rings is 1. The monoisotopic (exact) mass is 393 g/mol. The number of aromatic nitrogens is 1. The molecule has 0 spiro atoms. The molecule has 0 radical (unpaired) electrons. The van der Waals surface area contributed by atoms with Crippen molar-refractivity contribution < 1.29 is 0 Å². The van der Waals surface area contributed by atoms with E-state index in [2.05, 4.69) is 56.6 Å². The van der Waals surface area contributed by atoms with Crippen LogP contribution in [0, 0.1) is 5.92 Å². The molecule has 124 valence electrons. The van der Waals surface area contributed by atoms with Crippen molar-refractivity contribution in [2.75, 3.05) is 26.2 Å². The molecule has 1 atom stereocenters. The number of thiazole rings is 1. The molecule has 2 aromatic rings. The van der Waals surface area contributed by atoms with Gasteiger partial charge in [0.05, 0.1) is 5.69 Å². The van der Waals surface area contributed by atoms with Crippen molar-refractivity contribution in [3.8, 4) is 10.6 Å². The molecule has 3 nitrogen and oxygen atoms in total. The molecule has 23 heavy (non-hydrogen) atoms. The van der Waals surface area contributed by atoms with Crippen LogP contribution in [0.4, 0.5) is 0 Å². The quantitative estimate of drug-likeness (QED) is 0.755. The molecule has 1 aliphatic rings. The van der Waals surface area contributed by atoms with Gasteiger partial charge in [-0.1, -0.05) is 35.0 Å². The van der Waals surface area contributed by atoms with Gasteiger partial charge in [0, 0.05) is 28.5 Å². The van der Waals surface area contributed by atoms with Gasteiger partial charge in [0.25, 0.3) is 0 Å². The molecule has 1 saturated heterocycles. The van der Waals surface area contributed by atoms with Gasteiger partial charge < -0.3 is 10.2 Å². The normalized spacial score (nSPS) is 18.6. The van der Waals surface area contributed by atoms with Gasteiger partial charge >= 0.3 is 0 Å². The van der Waals surface area contributed by atoms with Crippen molar-refractivity contribution in [3.05, 3.63) is 39.8 Å². The molecule has 1 aliphatic heterocycles. The van der Waals surface area contributed by atoms with Crippen LogP contribution < -0.4 is 5.32 Å². The minimum Gasteiger partial charge on any atom is -0.311 e. The lowest BCUT2D eigenvalue weighted by molar-refractivity contribution is 0.322. The van der Waals surface area contributed by atoms with E-state index in [9.17, 15) is 0 Å². The first kappa shape index (κ1) is 17.1. The number of likely N-dealkylation sites (tertiary alicyclic amines) is 1. The Bertz CT molecular complexity index is 628. The van der Waals surface area contributed by atoms with Gasteiger partial charge in [0.2, 0.25) is 0 Å². The van der Waals surface area contributed by atoms with E-state index < -0.39 is 0 Å². The summed E-state index contributed by atoms with van der Waals surface area (Å²) in [5.74, 6) is 0.796. The summed E-state index contributed by atoms with van der Waals surface area (Å²) in [5, 5.41) is 6.85. The van der Waals surface area contributed by atoms with E-state index in [-0.39, 0.29) is 0 Å². The van der Waals surface area contributed by atoms with Crippen molar-refractivity contribution in [2.24, 2.45) is 5.92 Å². The van der Waals surface area contributed by atoms with Crippen molar-refractivity contribution >= 4 is 27.3 Å². The van der Waals surface area contributed by atoms with Crippen LogP contribution in [0.15, 0.2) is 34.1 Å². The van der Waals surface area contributed by atoms with E-state index >= 15 is 0 Å². The van der Waals surface area contributed by atoms with Gasteiger partial charge in [-0.05, 0) is 50.5 Å². The van der Waals surface area contributed by atoms with Gasteiger partial charge in [-0.25, -0.2) is 4.98 Å². The van der Waals surface area contributed by atoms with Crippen LogP contribution >= 0.6 is 27.3 Å². The van der Waals surface area contributed by atoms with Crippen LogP contribution in [0.1, 0.15) is 25.5 Å². The average Bonchev–Trinajstić information content (AvgIpc) is 3.18. The summed E-state index contributed by atoms with van der Waals surface area (Å²) < 4.78 is 1.10. The lowest BCUT2D eigenvalue weighted by Gasteiger charge is -2.14. The third-order valence-electron chi connectivity index (χ3n) is 4.27. The van der Waals surface area contributed by atoms with Crippen LogP contribution in [0.5, 0.6) is 0 Å². The number of nitrogens with zero attached hydrogens (tertiary/aromatic N) is 2. The first-order chi connectivity index (χ1) is 11.2. The topological polar surface area (TPSA) is 28.2 Å². The van der Waals surface area contributed by atoms with E-state index in [4.69, 9.17) is 4.98 Å². The largest absolute Gasteiger partial charge is 0.311 e. The molecular weight excluding hydrogens is 370 g/mol. The fourth-order valence-corrected chi connectivity index (χ4v) is 4.36. The Labute approximate surface area is 151 Å². The van der Waals surface area contributed by atoms with Gasteiger partial charge in [0.15, 0.2) is 0 Å². The molecule has 1 aromatic carbocycles. The number of nitrogens with one attached hydrogen (secondary N) is 1. The highest BCUT2D eigenvalue weighted by Crippen LogP contribution is 2.26. The van der Waals surface area contributed by atoms with E-state index in [0.29, 0.717) is 0 Å². The fraction of sp³-hybridized carbons (Fsp3) is 0.500. The van der Waals surface area contributed by atoms with Crippen molar-refractivity contribution in [1.29, 1.82) is 0 Å². The van der Waals surface area contributed by atoms with Gasteiger partial charge in [-0.15, -0.1) is 11.3 Å². The highest BCUT2D eigenvalue weighted by molar-refractivity contribution is 9.10. The zero-order valence-electron chi connectivity index (χ0n) is 13.6. The molecule has 1 aromatic heterocycles. The Balaban J connectivity index is 1.47. The van der Waals surface area contributed by atoms with Crippen LogP contribution in [0.3, 0.4) is 0 Å². The number of hydrogen-bond donors (Lipinski definition) is 1. The lowest BCUT2D eigenvalue weighted by atomic mass is 10.1. The summed E-state index contributed by atoms with van der Waals surface area (Å²) in [5.41, 5.74) is 2.33. The van der Waals surface area contributed by atoms with Crippen molar-refractivity contribution in [3.63, 3.8) is 0 Å². The van der Waals surface area contributed by atoms with Crippen LogP contribution in [0.25, 0.3) is 10.6 Å². The van der Waals surface area contributed by atoms with Crippen molar-refractivity contribution in [2.45, 2.75) is 26.3 Å². The molecule has 5 heteroatoms. The van der Waals surface area contributed by atoms with E-state index in [1.807, 2.05) is 6.07 Å². The molecule has 0 aliphatic carbocycles. The summed E-state index contributed by atoms with van der Waals surface area (Å²) >= 11 is 5.24. The second-order valence-corrected chi connectivity index (χ2v) is 8.01. The predicted molar refractivity (Wildman–Crippen MR) is 102 cm³/mol.